The van der Waals surface area contributed by atoms with E-state index in [0.29, 0.717) is 34.3 Å². The highest BCUT2D eigenvalue weighted by Crippen LogP contribution is 2.53. The molecule has 0 unspecified atom stereocenters. The van der Waals surface area contributed by atoms with Gasteiger partial charge in [-0.25, -0.2) is 13.9 Å². The molecule has 1 amide bonds. The molecule has 0 atom stereocenters. The Morgan fingerprint density at radius 1 is 0.917 bits per heavy atom. The van der Waals surface area contributed by atoms with E-state index in [1.54, 1.807) is 0 Å². The number of carbonyl (C=O) groups excluding carboxylic acids is 1. The van der Waals surface area contributed by atoms with E-state index in [0.717, 1.165) is 43.9 Å². The number of fused-ring (bicyclic) bond motifs is 1. The SMILES string of the molecule is O=C(NC1C2CC3CC(C2)CC1C3)c1cc2nc(-c3ccc(F)cc3)cc(C(F)(F)C(F)(F)F)n2n1. The first kappa shape index (κ1) is 23.3. The number of amides is 1. The van der Waals surface area contributed by atoms with Crippen LogP contribution in [0.1, 0.15) is 48.3 Å². The molecule has 5 nitrogen and oxygen atoms in total. The number of alkyl halides is 5. The van der Waals surface area contributed by atoms with E-state index in [-0.39, 0.29) is 28.6 Å². The average molecular weight is 508 g/mol. The zero-order valence-electron chi connectivity index (χ0n) is 18.9. The first-order valence-corrected chi connectivity index (χ1v) is 11.9. The molecular weight excluding hydrogens is 486 g/mol. The lowest BCUT2D eigenvalue weighted by molar-refractivity contribution is -0.291. The quantitative estimate of drug-likeness (QED) is 0.457. The van der Waals surface area contributed by atoms with Gasteiger partial charge in [-0.1, -0.05) is 0 Å². The minimum absolute atomic E-state index is 0.0612. The van der Waals surface area contributed by atoms with Gasteiger partial charge >= 0.3 is 12.1 Å². The molecule has 190 valence electrons. The molecule has 4 bridgehead atoms. The van der Waals surface area contributed by atoms with Crippen molar-refractivity contribution in [2.45, 2.75) is 50.2 Å². The molecule has 2 heterocycles. The summed E-state index contributed by atoms with van der Waals surface area (Å²) in [5.41, 5.74) is -2.20. The molecule has 0 aliphatic heterocycles. The van der Waals surface area contributed by atoms with Gasteiger partial charge in [0.1, 0.15) is 11.5 Å². The lowest BCUT2D eigenvalue weighted by Crippen LogP contribution is -2.55. The van der Waals surface area contributed by atoms with Gasteiger partial charge < -0.3 is 5.32 Å². The maximum Gasteiger partial charge on any atom is 0.459 e. The number of hydrogen-bond acceptors (Lipinski definition) is 3. The predicted octanol–water partition coefficient (Wildman–Crippen LogP) is 5.74. The maximum absolute atomic E-state index is 14.6. The van der Waals surface area contributed by atoms with Gasteiger partial charge in [0.25, 0.3) is 5.91 Å². The minimum atomic E-state index is -5.91. The molecule has 1 aromatic carbocycles. The monoisotopic (exact) mass is 508 g/mol. The van der Waals surface area contributed by atoms with E-state index in [9.17, 15) is 31.1 Å². The third-order valence-corrected chi connectivity index (χ3v) is 8.00. The number of halogens is 6. The number of nitrogens with zero attached hydrogens (tertiary/aromatic N) is 3. The van der Waals surface area contributed by atoms with Crippen molar-refractivity contribution in [3.63, 3.8) is 0 Å². The highest BCUT2D eigenvalue weighted by atomic mass is 19.4. The summed E-state index contributed by atoms with van der Waals surface area (Å²) in [6.07, 6.45) is -0.531. The molecule has 4 saturated carbocycles. The molecular formula is C25H22F6N4O. The van der Waals surface area contributed by atoms with Crippen molar-refractivity contribution < 1.29 is 31.1 Å². The Morgan fingerprint density at radius 2 is 1.53 bits per heavy atom. The van der Waals surface area contributed by atoms with Crippen LogP contribution in [0.4, 0.5) is 26.3 Å². The van der Waals surface area contributed by atoms with Crippen LogP contribution >= 0.6 is 0 Å². The predicted molar refractivity (Wildman–Crippen MR) is 117 cm³/mol. The summed E-state index contributed by atoms with van der Waals surface area (Å²) < 4.78 is 82.8. The van der Waals surface area contributed by atoms with Gasteiger partial charge in [-0.3, -0.25) is 4.79 Å². The molecule has 3 aromatic rings. The fourth-order valence-corrected chi connectivity index (χ4v) is 6.61. The average Bonchev–Trinajstić information content (AvgIpc) is 3.24. The van der Waals surface area contributed by atoms with E-state index in [1.807, 2.05) is 0 Å². The van der Waals surface area contributed by atoms with E-state index < -0.39 is 29.5 Å². The molecule has 0 saturated heterocycles. The summed E-state index contributed by atoms with van der Waals surface area (Å²) >= 11 is 0. The lowest BCUT2D eigenvalue weighted by atomic mass is 9.54. The van der Waals surface area contributed by atoms with Crippen molar-refractivity contribution >= 4 is 11.6 Å². The number of hydrogen-bond donors (Lipinski definition) is 1. The number of aromatic nitrogens is 3. The summed E-state index contributed by atoms with van der Waals surface area (Å²) in [6, 6.07) is 6.15. The van der Waals surface area contributed by atoms with Gasteiger partial charge in [0.05, 0.1) is 5.69 Å². The number of benzene rings is 1. The maximum atomic E-state index is 14.6. The highest BCUT2D eigenvalue weighted by molar-refractivity contribution is 5.93. The first-order chi connectivity index (χ1) is 17.0. The number of nitrogens with one attached hydrogen (secondary N) is 1. The van der Waals surface area contributed by atoms with Gasteiger partial charge in [0.15, 0.2) is 11.3 Å². The Morgan fingerprint density at radius 3 is 2.11 bits per heavy atom. The van der Waals surface area contributed by atoms with Crippen molar-refractivity contribution in [2.75, 3.05) is 0 Å². The van der Waals surface area contributed by atoms with Crippen LogP contribution in [0.3, 0.4) is 0 Å². The third-order valence-electron chi connectivity index (χ3n) is 8.00. The van der Waals surface area contributed by atoms with Gasteiger partial charge in [-0.2, -0.15) is 27.1 Å². The van der Waals surface area contributed by atoms with Crippen molar-refractivity contribution in [3.05, 3.63) is 53.6 Å². The summed E-state index contributed by atoms with van der Waals surface area (Å²) in [6.45, 7) is 0. The summed E-state index contributed by atoms with van der Waals surface area (Å²) in [7, 11) is 0. The molecule has 2 aromatic heterocycles. The molecule has 7 rings (SSSR count). The second-order valence-electron chi connectivity index (χ2n) is 10.3. The molecule has 4 fully saturated rings. The van der Waals surface area contributed by atoms with Crippen molar-refractivity contribution in [1.82, 2.24) is 19.9 Å². The standard InChI is InChI=1S/C25H22F6N4O/c26-17-3-1-14(2-4-17)18-10-20(24(27,28)25(29,30)31)35-21(32-18)11-19(34-35)23(36)33-22-15-6-12-5-13(8-15)9-16(22)7-12/h1-4,10-13,15-16,22H,5-9H2,(H,33,36). The van der Waals surface area contributed by atoms with E-state index in [4.69, 9.17) is 0 Å². The van der Waals surface area contributed by atoms with Gasteiger partial charge in [-0.15, -0.1) is 0 Å². The zero-order valence-corrected chi connectivity index (χ0v) is 18.9. The molecule has 1 N–H and O–H groups in total. The van der Waals surface area contributed by atoms with E-state index in [1.165, 1.54) is 18.6 Å². The van der Waals surface area contributed by atoms with Crippen molar-refractivity contribution in [3.8, 4) is 11.3 Å². The first-order valence-electron chi connectivity index (χ1n) is 11.9. The van der Waals surface area contributed by atoms with Crippen LogP contribution in [0.2, 0.25) is 0 Å². The van der Waals surface area contributed by atoms with Crippen LogP contribution in [-0.2, 0) is 5.92 Å². The zero-order chi connectivity index (χ0) is 25.4. The van der Waals surface area contributed by atoms with Crippen LogP contribution < -0.4 is 5.32 Å². The van der Waals surface area contributed by atoms with E-state index >= 15 is 0 Å². The minimum Gasteiger partial charge on any atom is -0.347 e. The van der Waals surface area contributed by atoms with Crippen LogP contribution in [0.5, 0.6) is 0 Å². The Bertz CT molecular complexity index is 1300. The smallest absolute Gasteiger partial charge is 0.347 e. The van der Waals surface area contributed by atoms with Crippen LogP contribution in [0, 0.1) is 29.5 Å². The summed E-state index contributed by atoms with van der Waals surface area (Å²) in [4.78, 5) is 17.2. The lowest BCUT2D eigenvalue weighted by Gasteiger charge is -2.54. The van der Waals surface area contributed by atoms with Crippen LogP contribution in [-0.4, -0.2) is 32.7 Å². The number of rotatable bonds is 4. The molecule has 11 heteroatoms. The third kappa shape index (κ3) is 3.74. The largest absolute Gasteiger partial charge is 0.459 e. The second kappa shape index (κ2) is 7.94. The van der Waals surface area contributed by atoms with Gasteiger partial charge in [0.2, 0.25) is 0 Å². The fourth-order valence-electron chi connectivity index (χ4n) is 6.61. The fraction of sp³-hybridized carbons (Fsp3) is 0.480. The second-order valence-corrected chi connectivity index (χ2v) is 10.3. The molecule has 4 aliphatic carbocycles. The Kier molecular flexibility index (Phi) is 5.14. The van der Waals surface area contributed by atoms with Gasteiger partial charge in [-0.05, 0) is 86.1 Å². The normalized spacial score (nSPS) is 27.6. The van der Waals surface area contributed by atoms with Gasteiger partial charge in [0, 0.05) is 17.7 Å². The van der Waals surface area contributed by atoms with Crippen molar-refractivity contribution in [1.29, 1.82) is 0 Å². The molecule has 0 radical (unpaired) electrons. The molecule has 0 spiro atoms. The number of carbonyl (C=O) groups is 1. The van der Waals surface area contributed by atoms with Crippen LogP contribution in [0.25, 0.3) is 16.9 Å². The van der Waals surface area contributed by atoms with Crippen LogP contribution in [0.15, 0.2) is 36.4 Å². The Hall–Kier alpha value is -3.11. The van der Waals surface area contributed by atoms with E-state index in [2.05, 4.69) is 15.4 Å². The topological polar surface area (TPSA) is 59.3 Å². The van der Waals surface area contributed by atoms with Crippen molar-refractivity contribution in [2.24, 2.45) is 23.7 Å². The summed E-state index contributed by atoms with van der Waals surface area (Å²) in [5, 5.41) is 6.81. The highest BCUT2D eigenvalue weighted by Gasteiger charge is 2.60. The molecule has 36 heavy (non-hydrogen) atoms. The summed E-state index contributed by atoms with van der Waals surface area (Å²) in [5.74, 6) is -4.46. The Balaban J connectivity index is 1.38. The Labute approximate surface area is 201 Å². The molecule has 4 aliphatic rings.